The van der Waals surface area contributed by atoms with Gasteiger partial charge in [-0.3, -0.25) is 9.59 Å². The van der Waals surface area contributed by atoms with E-state index >= 15 is 0 Å². The second kappa shape index (κ2) is 9.81. The lowest BCUT2D eigenvalue weighted by atomic mass is 10.1. The van der Waals surface area contributed by atoms with Gasteiger partial charge in [-0.25, -0.2) is 14.8 Å². The summed E-state index contributed by atoms with van der Waals surface area (Å²) in [7, 11) is 0. The van der Waals surface area contributed by atoms with E-state index in [1.807, 2.05) is 30.3 Å². The average Bonchev–Trinajstić information content (AvgIpc) is 3.00. The fourth-order valence-electron chi connectivity index (χ4n) is 2.74. The Hall–Kier alpha value is -2.37. The van der Waals surface area contributed by atoms with Crippen molar-refractivity contribution in [2.24, 2.45) is 0 Å². The summed E-state index contributed by atoms with van der Waals surface area (Å²) in [5.74, 6) is -0.0104. The van der Waals surface area contributed by atoms with Crippen LogP contribution in [0.15, 0.2) is 30.3 Å². The van der Waals surface area contributed by atoms with Crippen LogP contribution in [-0.2, 0) is 20.9 Å². The normalized spacial score (nSPS) is 14.0. The monoisotopic (exact) mass is 346 g/mol. The van der Waals surface area contributed by atoms with Crippen LogP contribution in [0.25, 0.3) is 0 Å². The molecule has 6 nitrogen and oxygen atoms in total. The van der Waals surface area contributed by atoms with Crippen LogP contribution in [0.1, 0.15) is 51.0 Å². The molecular formula is C19H26N2O4. The Morgan fingerprint density at radius 1 is 1.12 bits per heavy atom. The van der Waals surface area contributed by atoms with Crippen molar-refractivity contribution in [2.45, 2.75) is 52.1 Å². The Labute approximate surface area is 148 Å². The third-order valence-electron chi connectivity index (χ3n) is 4.19. The molecule has 136 valence electrons. The van der Waals surface area contributed by atoms with Gasteiger partial charge in [0.15, 0.2) is 0 Å². The molecule has 0 N–H and O–H groups in total. The lowest BCUT2D eigenvalue weighted by Gasteiger charge is -2.26. The highest BCUT2D eigenvalue weighted by molar-refractivity contribution is 5.84. The first kappa shape index (κ1) is 19.0. The number of amides is 2. The van der Waals surface area contributed by atoms with Crippen molar-refractivity contribution < 1.29 is 19.1 Å². The third kappa shape index (κ3) is 5.89. The minimum atomic E-state index is -0.548. The van der Waals surface area contributed by atoms with Gasteiger partial charge < -0.3 is 4.74 Å². The highest BCUT2D eigenvalue weighted by atomic mass is 16.6. The Morgan fingerprint density at radius 3 is 2.60 bits per heavy atom. The van der Waals surface area contributed by atoms with E-state index in [1.54, 1.807) is 0 Å². The molecule has 0 aromatic heterocycles. The van der Waals surface area contributed by atoms with Crippen molar-refractivity contribution in [2.75, 3.05) is 13.1 Å². The molecule has 2 rings (SSSR count). The number of unbranched alkanes of at least 4 members (excludes halogenated alkanes) is 2. The molecule has 0 saturated carbocycles. The van der Waals surface area contributed by atoms with Gasteiger partial charge in [0.2, 0.25) is 5.91 Å². The Balaban J connectivity index is 1.81. The summed E-state index contributed by atoms with van der Waals surface area (Å²) >= 11 is 0. The van der Waals surface area contributed by atoms with E-state index in [1.165, 1.54) is 10.0 Å². The van der Waals surface area contributed by atoms with E-state index in [0.29, 0.717) is 13.0 Å². The molecule has 0 aliphatic carbocycles. The fourth-order valence-corrected chi connectivity index (χ4v) is 2.74. The predicted octanol–water partition coefficient (Wildman–Crippen LogP) is 3.31. The second-order valence-corrected chi connectivity index (χ2v) is 6.18. The summed E-state index contributed by atoms with van der Waals surface area (Å²) in [5, 5.41) is 2.66. The molecule has 0 atom stereocenters. The van der Waals surface area contributed by atoms with E-state index < -0.39 is 6.09 Å². The van der Waals surface area contributed by atoms with Gasteiger partial charge in [0.1, 0.15) is 12.4 Å². The van der Waals surface area contributed by atoms with Crippen molar-refractivity contribution in [3.8, 4) is 0 Å². The second-order valence-electron chi connectivity index (χ2n) is 6.18. The van der Waals surface area contributed by atoms with Crippen molar-refractivity contribution in [3.05, 3.63) is 35.9 Å². The minimum Gasteiger partial charge on any atom is -0.443 e. The van der Waals surface area contributed by atoms with Crippen molar-refractivity contribution in [1.82, 2.24) is 10.0 Å². The largest absolute Gasteiger partial charge is 0.443 e. The van der Waals surface area contributed by atoms with Gasteiger partial charge in [0.05, 0.1) is 6.54 Å². The molecule has 0 unspecified atom stereocenters. The zero-order chi connectivity index (χ0) is 18.1. The number of ether oxygens (including phenoxy) is 1. The summed E-state index contributed by atoms with van der Waals surface area (Å²) in [6, 6.07) is 9.38. The van der Waals surface area contributed by atoms with E-state index in [9.17, 15) is 14.4 Å². The van der Waals surface area contributed by atoms with E-state index in [0.717, 1.165) is 24.8 Å². The number of hydrogen-bond acceptors (Lipinski definition) is 4. The van der Waals surface area contributed by atoms with E-state index in [2.05, 4.69) is 6.92 Å². The molecule has 1 aliphatic heterocycles. The number of nitrogens with zero attached hydrogens (tertiary/aromatic N) is 2. The Morgan fingerprint density at radius 2 is 1.88 bits per heavy atom. The number of benzene rings is 1. The highest BCUT2D eigenvalue weighted by Crippen LogP contribution is 2.16. The highest BCUT2D eigenvalue weighted by Gasteiger charge is 2.33. The van der Waals surface area contributed by atoms with Crippen LogP contribution in [0.3, 0.4) is 0 Å². The van der Waals surface area contributed by atoms with Gasteiger partial charge in [0, 0.05) is 25.8 Å². The van der Waals surface area contributed by atoms with Crippen LogP contribution >= 0.6 is 0 Å². The molecule has 25 heavy (non-hydrogen) atoms. The summed E-state index contributed by atoms with van der Waals surface area (Å²) in [5.41, 5.74) is 0.888. The molecule has 2 amide bonds. The number of carbonyl (C=O) groups excluding carboxylic acids is 3. The number of Topliss-reactive ketones (excluding diaryl/α,β-unsaturated/α-hetero) is 1. The van der Waals surface area contributed by atoms with Crippen molar-refractivity contribution >= 4 is 17.8 Å². The summed E-state index contributed by atoms with van der Waals surface area (Å²) in [6.45, 7) is 2.79. The zero-order valence-corrected chi connectivity index (χ0v) is 14.8. The molecule has 1 heterocycles. The maximum atomic E-state index is 12.3. The first-order chi connectivity index (χ1) is 12.1. The van der Waals surface area contributed by atoms with Crippen molar-refractivity contribution in [3.63, 3.8) is 0 Å². The number of ketones is 1. The predicted molar refractivity (Wildman–Crippen MR) is 93.4 cm³/mol. The van der Waals surface area contributed by atoms with Gasteiger partial charge in [-0.05, 0) is 12.0 Å². The number of hydrogen-bond donors (Lipinski definition) is 0. The standard InChI is InChI=1S/C19H26N2O4/c1-2-3-5-10-17(22)11-13-20-18(23)12-14-21(20)19(24)25-15-16-8-6-4-7-9-16/h4,6-9H,2-3,5,10-15H2,1H3. The Bertz CT molecular complexity index is 588. The van der Waals surface area contributed by atoms with Crippen LogP contribution < -0.4 is 0 Å². The molecule has 1 saturated heterocycles. The first-order valence-corrected chi connectivity index (χ1v) is 8.92. The maximum absolute atomic E-state index is 12.3. The van der Waals surface area contributed by atoms with Crippen LogP contribution in [-0.4, -0.2) is 40.9 Å². The van der Waals surface area contributed by atoms with E-state index in [4.69, 9.17) is 4.74 Å². The van der Waals surface area contributed by atoms with Gasteiger partial charge in [-0.1, -0.05) is 50.1 Å². The molecule has 1 aromatic rings. The minimum absolute atomic E-state index is 0.130. The van der Waals surface area contributed by atoms with Crippen LogP contribution in [0.2, 0.25) is 0 Å². The molecule has 0 bridgehead atoms. The van der Waals surface area contributed by atoms with Crippen LogP contribution in [0.4, 0.5) is 4.79 Å². The molecule has 1 aliphatic rings. The fraction of sp³-hybridized carbons (Fsp3) is 0.526. The smallest absolute Gasteiger partial charge is 0.429 e. The van der Waals surface area contributed by atoms with Gasteiger partial charge in [0.25, 0.3) is 0 Å². The molecule has 6 heteroatoms. The SMILES string of the molecule is CCCCCC(=O)CCN1C(=O)CCN1C(=O)OCc1ccccc1. The van der Waals surface area contributed by atoms with Gasteiger partial charge >= 0.3 is 6.09 Å². The number of carbonyl (C=O) groups is 3. The molecular weight excluding hydrogens is 320 g/mol. The van der Waals surface area contributed by atoms with E-state index in [-0.39, 0.29) is 37.7 Å². The maximum Gasteiger partial charge on any atom is 0.429 e. The zero-order valence-electron chi connectivity index (χ0n) is 14.8. The number of rotatable bonds is 9. The average molecular weight is 346 g/mol. The lowest BCUT2D eigenvalue weighted by Crippen LogP contribution is -2.44. The van der Waals surface area contributed by atoms with Crippen molar-refractivity contribution in [1.29, 1.82) is 0 Å². The summed E-state index contributed by atoms with van der Waals surface area (Å²) in [6.07, 6.45) is 3.52. The Kier molecular flexibility index (Phi) is 7.44. The summed E-state index contributed by atoms with van der Waals surface area (Å²) < 4.78 is 5.29. The number of hydrazine groups is 1. The quantitative estimate of drug-likeness (QED) is 0.643. The summed E-state index contributed by atoms with van der Waals surface area (Å²) in [4.78, 5) is 36.2. The topological polar surface area (TPSA) is 66.9 Å². The molecule has 0 radical (unpaired) electrons. The van der Waals surface area contributed by atoms with Gasteiger partial charge in [-0.15, -0.1) is 0 Å². The van der Waals surface area contributed by atoms with Crippen LogP contribution in [0.5, 0.6) is 0 Å². The molecule has 1 fully saturated rings. The van der Waals surface area contributed by atoms with Crippen LogP contribution in [0, 0.1) is 0 Å². The molecule has 0 spiro atoms. The molecule has 1 aromatic carbocycles. The lowest BCUT2D eigenvalue weighted by molar-refractivity contribution is -0.137. The van der Waals surface area contributed by atoms with Gasteiger partial charge in [-0.2, -0.15) is 0 Å². The third-order valence-corrected chi connectivity index (χ3v) is 4.19. The first-order valence-electron chi connectivity index (χ1n) is 8.92.